The number of nitrogens with zero attached hydrogens (tertiary/aromatic N) is 3. The minimum atomic E-state index is -0.460. The molecule has 0 aliphatic carbocycles. The minimum absolute atomic E-state index is 0.460. The lowest BCUT2D eigenvalue weighted by atomic mass is 10.7. The van der Waals surface area contributed by atoms with Gasteiger partial charge in [0.05, 0.1) is 0 Å². The lowest BCUT2D eigenvalue weighted by molar-refractivity contribution is 0.534. The SMILES string of the molecule is CC1=NNC(N)N=N1. The molecular weight excluding hydrogens is 106 g/mol. The van der Waals surface area contributed by atoms with Crippen LogP contribution in [0.3, 0.4) is 0 Å². The zero-order valence-electron chi connectivity index (χ0n) is 4.50. The molecule has 5 nitrogen and oxygen atoms in total. The maximum Gasteiger partial charge on any atom is 0.206 e. The molecule has 0 aromatic rings. The van der Waals surface area contributed by atoms with Crippen LogP contribution in [0, 0.1) is 0 Å². The highest BCUT2D eigenvalue weighted by Gasteiger charge is 1.99. The minimum Gasteiger partial charge on any atom is -0.290 e. The summed E-state index contributed by atoms with van der Waals surface area (Å²) in [7, 11) is 0. The summed E-state index contributed by atoms with van der Waals surface area (Å²) in [6.45, 7) is 1.74. The molecule has 0 radical (unpaired) electrons. The monoisotopic (exact) mass is 113 g/mol. The van der Waals surface area contributed by atoms with E-state index in [1.165, 1.54) is 0 Å². The van der Waals surface area contributed by atoms with Crippen molar-refractivity contribution in [2.75, 3.05) is 0 Å². The number of nitrogens with two attached hydrogens (primary N) is 1. The zero-order valence-corrected chi connectivity index (χ0v) is 4.50. The number of hydrogen-bond donors (Lipinski definition) is 2. The molecule has 1 aliphatic rings. The summed E-state index contributed by atoms with van der Waals surface area (Å²) in [5.41, 5.74) is 7.76. The second-order valence-corrected chi connectivity index (χ2v) is 1.45. The molecule has 1 rings (SSSR count). The van der Waals surface area contributed by atoms with Crippen LogP contribution in [0.4, 0.5) is 0 Å². The summed E-state index contributed by atoms with van der Waals surface area (Å²) < 4.78 is 0. The molecule has 44 valence electrons. The Labute approximate surface area is 46.7 Å². The first-order chi connectivity index (χ1) is 3.79. The van der Waals surface area contributed by atoms with Crippen molar-refractivity contribution in [2.45, 2.75) is 13.2 Å². The van der Waals surface area contributed by atoms with Gasteiger partial charge < -0.3 is 0 Å². The molecule has 1 heterocycles. The fourth-order valence-electron chi connectivity index (χ4n) is 0.353. The van der Waals surface area contributed by atoms with Gasteiger partial charge in [-0.25, -0.2) is 0 Å². The van der Waals surface area contributed by atoms with Crippen LogP contribution < -0.4 is 11.2 Å². The van der Waals surface area contributed by atoms with Crippen LogP contribution in [0.15, 0.2) is 15.3 Å². The van der Waals surface area contributed by atoms with Crippen LogP contribution in [0.25, 0.3) is 0 Å². The average molecular weight is 113 g/mol. The van der Waals surface area contributed by atoms with Crippen LogP contribution in [0.1, 0.15) is 6.92 Å². The van der Waals surface area contributed by atoms with Crippen molar-refractivity contribution < 1.29 is 0 Å². The molecule has 1 unspecified atom stereocenters. The molecule has 0 amide bonds. The van der Waals surface area contributed by atoms with E-state index in [2.05, 4.69) is 20.8 Å². The molecule has 0 saturated heterocycles. The van der Waals surface area contributed by atoms with Crippen molar-refractivity contribution in [3.05, 3.63) is 0 Å². The summed E-state index contributed by atoms with van der Waals surface area (Å²) in [6, 6.07) is 0. The zero-order chi connectivity index (χ0) is 5.98. The highest BCUT2D eigenvalue weighted by molar-refractivity contribution is 5.79. The molecule has 0 aromatic carbocycles. The Morgan fingerprint density at radius 1 is 1.75 bits per heavy atom. The van der Waals surface area contributed by atoms with E-state index in [-0.39, 0.29) is 0 Å². The van der Waals surface area contributed by atoms with Crippen molar-refractivity contribution in [2.24, 2.45) is 21.1 Å². The van der Waals surface area contributed by atoms with E-state index in [0.29, 0.717) is 5.84 Å². The maximum absolute atomic E-state index is 5.22. The lowest BCUT2D eigenvalue weighted by Crippen LogP contribution is -2.33. The maximum atomic E-state index is 5.22. The fraction of sp³-hybridized carbons (Fsp3) is 0.667. The van der Waals surface area contributed by atoms with Gasteiger partial charge in [0, 0.05) is 0 Å². The summed E-state index contributed by atoms with van der Waals surface area (Å²) in [5.74, 6) is 0.603. The molecule has 0 fully saturated rings. The predicted octanol–water partition coefficient (Wildman–Crippen LogP) is -0.383. The lowest BCUT2D eigenvalue weighted by Gasteiger charge is -2.07. The molecule has 5 heteroatoms. The smallest absolute Gasteiger partial charge is 0.206 e. The van der Waals surface area contributed by atoms with E-state index in [0.717, 1.165) is 0 Å². The number of rotatable bonds is 0. The van der Waals surface area contributed by atoms with Crippen LogP contribution in [0.2, 0.25) is 0 Å². The number of hydrogen-bond acceptors (Lipinski definition) is 5. The quantitative estimate of drug-likeness (QED) is 0.449. The largest absolute Gasteiger partial charge is 0.290 e. The van der Waals surface area contributed by atoms with Crippen LogP contribution in [-0.2, 0) is 0 Å². The predicted molar refractivity (Wildman–Crippen MR) is 29.1 cm³/mol. The number of amidine groups is 1. The van der Waals surface area contributed by atoms with Gasteiger partial charge in [0.15, 0.2) is 5.84 Å². The Morgan fingerprint density at radius 2 is 2.50 bits per heavy atom. The molecule has 8 heavy (non-hydrogen) atoms. The van der Waals surface area contributed by atoms with E-state index < -0.39 is 6.29 Å². The van der Waals surface area contributed by atoms with Crippen molar-refractivity contribution in [3.8, 4) is 0 Å². The summed E-state index contributed by atoms with van der Waals surface area (Å²) >= 11 is 0. The molecule has 1 aliphatic heterocycles. The molecule has 0 aromatic heterocycles. The van der Waals surface area contributed by atoms with E-state index in [9.17, 15) is 0 Å². The Morgan fingerprint density at radius 3 is 2.88 bits per heavy atom. The van der Waals surface area contributed by atoms with E-state index in [1.807, 2.05) is 0 Å². The average Bonchev–Trinajstić information content (AvgIpc) is 1.77. The Hall–Kier alpha value is -0.970. The Balaban J connectivity index is 2.58. The standard InChI is InChI=1S/C3H7N5/c1-2-5-7-3(4)8-6-2/h3,7H,4H2,1H3. The second-order valence-electron chi connectivity index (χ2n) is 1.45. The molecule has 0 saturated carbocycles. The topological polar surface area (TPSA) is 75.1 Å². The Bertz CT molecular complexity index is 137. The summed E-state index contributed by atoms with van der Waals surface area (Å²) in [5, 5.41) is 10.9. The molecule has 3 N–H and O–H groups in total. The van der Waals surface area contributed by atoms with Crippen molar-refractivity contribution in [1.82, 2.24) is 5.43 Å². The van der Waals surface area contributed by atoms with Gasteiger partial charge in [-0.3, -0.25) is 11.2 Å². The molecule has 0 spiro atoms. The Kier molecular flexibility index (Phi) is 1.21. The summed E-state index contributed by atoms with van der Waals surface area (Å²) in [4.78, 5) is 0. The van der Waals surface area contributed by atoms with Gasteiger partial charge in [-0.15, -0.1) is 10.2 Å². The normalized spacial score (nSPS) is 26.8. The third kappa shape index (κ3) is 1.00. The molecule has 0 bridgehead atoms. The van der Waals surface area contributed by atoms with Crippen LogP contribution >= 0.6 is 0 Å². The number of hydrazone groups is 1. The first-order valence-corrected chi connectivity index (χ1v) is 2.25. The van der Waals surface area contributed by atoms with E-state index >= 15 is 0 Å². The van der Waals surface area contributed by atoms with Crippen molar-refractivity contribution in [3.63, 3.8) is 0 Å². The van der Waals surface area contributed by atoms with Gasteiger partial charge in [0.1, 0.15) is 0 Å². The summed E-state index contributed by atoms with van der Waals surface area (Å²) in [6.07, 6.45) is -0.460. The van der Waals surface area contributed by atoms with Crippen LogP contribution in [0.5, 0.6) is 0 Å². The second kappa shape index (κ2) is 1.87. The highest BCUT2D eigenvalue weighted by atomic mass is 15.5. The van der Waals surface area contributed by atoms with Crippen molar-refractivity contribution in [1.29, 1.82) is 0 Å². The van der Waals surface area contributed by atoms with Crippen molar-refractivity contribution >= 4 is 5.84 Å². The molecule has 1 atom stereocenters. The number of azo groups is 1. The van der Waals surface area contributed by atoms with Gasteiger partial charge in [0.2, 0.25) is 6.29 Å². The van der Waals surface area contributed by atoms with Gasteiger partial charge in [-0.1, -0.05) is 0 Å². The third-order valence-corrected chi connectivity index (χ3v) is 0.685. The van der Waals surface area contributed by atoms with Gasteiger partial charge in [-0.2, -0.15) is 5.10 Å². The molecular formula is C3H7N5. The highest BCUT2D eigenvalue weighted by Crippen LogP contribution is 1.88. The van der Waals surface area contributed by atoms with E-state index in [1.54, 1.807) is 6.92 Å². The fourth-order valence-corrected chi connectivity index (χ4v) is 0.353. The first-order valence-electron chi connectivity index (χ1n) is 2.25. The third-order valence-electron chi connectivity index (χ3n) is 0.685. The number of nitrogens with one attached hydrogen (secondary N) is 1. The van der Waals surface area contributed by atoms with Gasteiger partial charge >= 0.3 is 0 Å². The van der Waals surface area contributed by atoms with Crippen LogP contribution in [-0.4, -0.2) is 12.1 Å². The van der Waals surface area contributed by atoms with Gasteiger partial charge in [0.25, 0.3) is 0 Å². The van der Waals surface area contributed by atoms with E-state index in [4.69, 9.17) is 5.73 Å². The first kappa shape index (κ1) is 5.17. The van der Waals surface area contributed by atoms with Gasteiger partial charge in [-0.05, 0) is 6.92 Å².